The first-order chi connectivity index (χ1) is 36.0. The molecule has 21 heteroatoms. The molecule has 1 saturated heterocycles. The number of aliphatic hydroxyl groups is 5. The molecule has 1 aliphatic heterocycles. The minimum Gasteiger partial charge on any atom is -0.477 e. The average Bonchev–Trinajstić information content (AvgIpc) is 3.38. The molecule has 1 aliphatic rings. The summed E-state index contributed by atoms with van der Waals surface area (Å²) in [5.41, 5.74) is 0. The van der Waals surface area contributed by atoms with Crippen LogP contribution in [-0.2, 0) is 51.7 Å². The fourth-order valence-corrected chi connectivity index (χ4v) is 9.83. The van der Waals surface area contributed by atoms with E-state index in [-0.39, 0.29) is 32.5 Å². The summed E-state index contributed by atoms with van der Waals surface area (Å²) < 4.78 is 44.9. The van der Waals surface area contributed by atoms with E-state index in [1.807, 2.05) is 0 Å². The molecule has 20 nitrogen and oxygen atoms in total. The van der Waals surface area contributed by atoms with Gasteiger partial charge in [0.15, 0.2) is 6.10 Å². The van der Waals surface area contributed by atoms with E-state index in [2.05, 4.69) is 24.5 Å². The third-order valence-electron chi connectivity index (χ3n) is 13.6. The quantitative estimate of drug-likeness (QED) is 0.0159. The summed E-state index contributed by atoms with van der Waals surface area (Å²) in [4.78, 5) is 60.3. The maximum Gasteiger partial charge on any atom is 0.472 e. The molecule has 442 valence electrons. The summed E-state index contributed by atoms with van der Waals surface area (Å²) in [6.45, 7) is 2.31. The van der Waals surface area contributed by atoms with Crippen LogP contribution in [0.2, 0.25) is 0 Å². The smallest absolute Gasteiger partial charge is 0.472 e. The second-order valence-corrected chi connectivity index (χ2v) is 21.8. The molecule has 1 heterocycles. The predicted octanol–water partition coefficient (Wildman–Crippen LogP) is 7.82. The Kier molecular flexibility index (Phi) is 42.0. The third kappa shape index (κ3) is 33.7. The second-order valence-electron chi connectivity index (χ2n) is 20.3. The van der Waals surface area contributed by atoms with Crippen LogP contribution in [0.5, 0.6) is 0 Å². The normalized spacial score (nSPS) is 20.8. The molecule has 0 aromatic carbocycles. The Morgan fingerprint density at radius 1 is 0.627 bits per heavy atom. The maximum absolute atomic E-state index is 12.9. The molecule has 0 saturated carbocycles. The Hall–Kier alpha value is -2.33. The van der Waals surface area contributed by atoms with E-state index in [1.54, 1.807) is 0 Å². The summed E-state index contributed by atoms with van der Waals surface area (Å²) in [7, 11) is -4.75. The van der Waals surface area contributed by atoms with Gasteiger partial charge in [-0.1, -0.05) is 194 Å². The summed E-state index contributed by atoms with van der Waals surface area (Å²) in [6, 6.07) is -1.62. The second kappa shape index (κ2) is 44.5. The van der Waals surface area contributed by atoms with Crippen LogP contribution in [0.4, 0.5) is 0 Å². The van der Waals surface area contributed by atoms with Gasteiger partial charge in [-0.2, -0.15) is 0 Å². The molecule has 0 radical (unpaired) electrons. The highest BCUT2D eigenvalue weighted by Crippen LogP contribution is 2.43. The molecule has 0 aromatic rings. The highest BCUT2D eigenvalue weighted by molar-refractivity contribution is 7.47. The number of carbonyl (C=O) groups excluding carboxylic acids is 3. The van der Waals surface area contributed by atoms with Gasteiger partial charge in [-0.15, -0.1) is 0 Å². The lowest BCUT2D eigenvalue weighted by molar-refractivity contribution is -0.346. The predicted molar refractivity (Wildman–Crippen MR) is 284 cm³/mol. The first-order valence-corrected chi connectivity index (χ1v) is 30.4. The Morgan fingerprint density at radius 3 is 1.48 bits per heavy atom. The molecule has 2 unspecified atom stereocenters. The number of phosphoric ester groups is 1. The van der Waals surface area contributed by atoms with E-state index in [0.717, 1.165) is 51.9 Å². The lowest BCUT2D eigenvalue weighted by atomic mass is 9.86. The van der Waals surface area contributed by atoms with Gasteiger partial charge in [-0.3, -0.25) is 23.4 Å². The maximum atomic E-state index is 12.9. The molecule has 9 N–H and O–H groups in total. The largest absolute Gasteiger partial charge is 0.477 e. The molecule has 75 heavy (non-hydrogen) atoms. The Balaban J connectivity index is 2.61. The Bertz CT molecular complexity index is 1520. The van der Waals surface area contributed by atoms with Crippen LogP contribution < -0.4 is 10.6 Å². The van der Waals surface area contributed by atoms with Gasteiger partial charge >= 0.3 is 25.7 Å². The van der Waals surface area contributed by atoms with E-state index in [1.165, 1.54) is 135 Å². The van der Waals surface area contributed by atoms with Gasteiger partial charge in [0.05, 0.1) is 32.5 Å². The summed E-state index contributed by atoms with van der Waals surface area (Å²) in [5.74, 6) is -6.70. The number of carbonyl (C=O) groups is 4. The number of phosphoric acid groups is 1. The van der Waals surface area contributed by atoms with Gasteiger partial charge in [-0.25, -0.2) is 9.36 Å². The molecule has 0 bridgehead atoms. The molecule has 9 atom stereocenters. The molecule has 1 amide bonds. The van der Waals surface area contributed by atoms with Gasteiger partial charge in [0.2, 0.25) is 5.91 Å². The number of esters is 2. The Morgan fingerprint density at radius 2 is 1.05 bits per heavy atom. The monoisotopic (exact) mass is 1100 g/mol. The van der Waals surface area contributed by atoms with Crippen LogP contribution in [0.3, 0.4) is 0 Å². The van der Waals surface area contributed by atoms with Crippen molar-refractivity contribution in [1.82, 2.24) is 10.6 Å². The fraction of sp³-hybridized carbons (Fsp3) is 0.926. The molecule has 1 fully saturated rings. The van der Waals surface area contributed by atoms with Crippen molar-refractivity contribution in [3.8, 4) is 0 Å². The number of carboxylic acid groups (broad SMARTS) is 1. The van der Waals surface area contributed by atoms with E-state index in [4.69, 9.17) is 28.0 Å². The third-order valence-corrected chi connectivity index (χ3v) is 14.6. The van der Waals surface area contributed by atoms with Crippen molar-refractivity contribution in [2.45, 2.75) is 275 Å². The van der Waals surface area contributed by atoms with Crippen molar-refractivity contribution in [3.63, 3.8) is 0 Å². The number of unbranched alkanes of at least 4 members (excludes halogenated alkanes) is 28. The van der Waals surface area contributed by atoms with Crippen LogP contribution in [0, 0.1) is 0 Å². The molecule has 0 aromatic heterocycles. The zero-order valence-electron chi connectivity index (χ0n) is 46.2. The van der Waals surface area contributed by atoms with Crippen molar-refractivity contribution in [2.75, 3.05) is 46.1 Å². The first kappa shape index (κ1) is 70.7. The van der Waals surface area contributed by atoms with Gasteiger partial charge in [0.25, 0.3) is 5.79 Å². The number of aliphatic hydroxyl groups excluding tert-OH is 5. The molecule has 0 spiro atoms. The van der Waals surface area contributed by atoms with Crippen LogP contribution in [0.25, 0.3) is 0 Å². The zero-order valence-corrected chi connectivity index (χ0v) is 47.1. The topological polar surface area (TPSA) is 306 Å². The molecule has 0 aliphatic carbocycles. The van der Waals surface area contributed by atoms with Gasteiger partial charge in [0, 0.05) is 32.9 Å². The number of amides is 1. The molecular formula is C54H103N2O18P. The number of carboxylic acids is 1. The number of nitrogens with one attached hydrogen (secondary N) is 2. The zero-order chi connectivity index (χ0) is 55.6. The van der Waals surface area contributed by atoms with E-state index in [0.29, 0.717) is 12.8 Å². The average molecular weight is 1100 g/mol. The van der Waals surface area contributed by atoms with Crippen molar-refractivity contribution < 1.29 is 87.3 Å². The first-order valence-electron chi connectivity index (χ1n) is 28.9. The summed E-state index contributed by atoms with van der Waals surface area (Å²) in [6.07, 6.45) is 24.5. The van der Waals surface area contributed by atoms with E-state index in [9.17, 15) is 59.3 Å². The van der Waals surface area contributed by atoms with Crippen LogP contribution in [0.15, 0.2) is 0 Å². The van der Waals surface area contributed by atoms with Crippen LogP contribution in [0.1, 0.15) is 226 Å². The number of ether oxygens (including phenoxy) is 4. The molecular weight excluding hydrogens is 996 g/mol. The van der Waals surface area contributed by atoms with Crippen LogP contribution >= 0.6 is 7.82 Å². The van der Waals surface area contributed by atoms with E-state index >= 15 is 0 Å². The number of aliphatic carboxylic acids is 1. The molecule has 1 rings (SSSR count). The van der Waals surface area contributed by atoms with Gasteiger partial charge in [0.1, 0.15) is 37.1 Å². The SMILES string of the molecule is CCCCCCCCCCCCCCCCCC(=O)OCC(COP(=O)(O)OCCNCCO[C@@]1(C(=O)O)O[C@@H]([C@H](O)[C@H](O)CO)[C@H](NC(C)=O)[C@@H](O)[C@@H]1O)OC(=O)CCCCCCCCCCCCCCCCC. The summed E-state index contributed by atoms with van der Waals surface area (Å²) >= 11 is 0. The van der Waals surface area contributed by atoms with Crippen molar-refractivity contribution in [3.05, 3.63) is 0 Å². The van der Waals surface area contributed by atoms with Crippen molar-refractivity contribution in [1.29, 1.82) is 0 Å². The highest BCUT2D eigenvalue weighted by Gasteiger charge is 2.62. The number of rotatable bonds is 51. The Labute approximate surface area is 449 Å². The lowest BCUT2D eigenvalue weighted by Crippen LogP contribution is -2.74. The fourth-order valence-electron chi connectivity index (χ4n) is 9.08. The van der Waals surface area contributed by atoms with E-state index < -0.39 is 107 Å². The number of hydrogen-bond donors (Lipinski definition) is 9. The van der Waals surface area contributed by atoms with Crippen molar-refractivity contribution >= 4 is 31.6 Å². The minimum absolute atomic E-state index is 0.118. The van der Waals surface area contributed by atoms with Crippen LogP contribution in [-0.4, -0.2) is 154 Å². The highest BCUT2D eigenvalue weighted by atomic mass is 31.2. The standard InChI is InChI=1S/C54H103N2O18P/c1-4-6-8-10-12-14-16-18-20-22-24-26-28-30-32-34-46(60)69-41-44(73-47(61)35-33-31-29-27-25-23-21-19-17-15-13-11-9-7-5-2)42-72-75(67,68)71-39-37-55-36-38-70-54(53(65)66)52(64)50(63)48(56-43(3)58)51(74-54)49(62)45(59)40-57/h44-45,48-52,55,57,59,62-64H,4-42H2,1-3H3,(H,56,58)(H,65,66)(H,67,68)/t44?,45-,48-,49-,50-,51-,52+,54-/m1/s1. The van der Waals surface area contributed by atoms with Gasteiger partial charge in [-0.05, 0) is 12.8 Å². The van der Waals surface area contributed by atoms with Crippen molar-refractivity contribution in [2.24, 2.45) is 0 Å². The minimum atomic E-state index is -4.75. The van der Waals surface area contributed by atoms with Gasteiger partial charge < -0.3 is 65.1 Å². The lowest BCUT2D eigenvalue weighted by Gasteiger charge is -2.49. The summed E-state index contributed by atoms with van der Waals surface area (Å²) in [5, 5.41) is 66.6. The number of hydrogen-bond acceptors (Lipinski definition) is 17.